The summed E-state index contributed by atoms with van der Waals surface area (Å²) in [6.45, 7) is 13.6. The van der Waals surface area contributed by atoms with Crippen molar-refractivity contribution in [2.24, 2.45) is 10.8 Å². The van der Waals surface area contributed by atoms with Crippen molar-refractivity contribution in [2.75, 3.05) is 0 Å². The molecule has 0 aliphatic heterocycles. The van der Waals surface area contributed by atoms with E-state index in [1.807, 2.05) is 0 Å². The Bertz CT molecular complexity index is 289. The van der Waals surface area contributed by atoms with E-state index < -0.39 is 0 Å². The lowest BCUT2D eigenvalue weighted by Gasteiger charge is -2.27. The van der Waals surface area contributed by atoms with Crippen molar-refractivity contribution in [3.05, 3.63) is 36.5 Å². The maximum absolute atomic E-state index is 2.41. The molecule has 0 aromatic rings. The number of hydrogen-bond acceptors (Lipinski definition) is 0. The average molecular weight is 277 g/mol. The second-order valence-corrected chi connectivity index (χ2v) is 6.75. The van der Waals surface area contributed by atoms with Crippen molar-refractivity contribution in [1.29, 1.82) is 0 Å². The van der Waals surface area contributed by atoms with Crippen LogP contribution in [0.2, 0.25) is 0 Å². The summed E-state index contributed by atoms with van der Waals surface area (Å²) in [5.41, 5.74) is 0.851. The molecule has 0 aromatic heterocycles. The fraction of sp³-hybridized carbons (Fsp3) is 0.700. The van der Waals surface area contributed by atoms with Gasteiger partial charge in [-0.25, -0.2) is 0 Å². The Kier molecular flexibility index (Phi) is 9.63. The minimum Gasteiger partial charge on any atom is -0.0916 e. The molecule has 116 valence electrons. The van der Waals surface area contributed by atoms with Gasteiger partial charge in [-0.05, 0) is 50.4 Å². The zero-order valence-corrected chi connectivity index (χ0v) is 14.7. The summed E-state index contributed by atoms with van der Waals surface area (Å²) in [4.78, 5) is 0. The maximum Gasteiger partial charge on any atom is -0.0259 e. The molecule has 0 rings (SSSR count). The molecule has 0 saturated carbocycles. The molecule has 0 bridgehead atoms. The highest BCUT2D eigenvalue weighted by Gasteiger charge is 2.20. The summed E-state index contributed by atoms with van der Waals surface area (Å²) < 4.78 is 0. The fourth-order valence-electron chi connectivity index (χ4n) is 2.28. The predicted molar refractivity (Wildman–Crippen MR) is 94.0 cm³/mol. The van der Waals surface area contributed by atoms with Gasteiger partial charge in [0, 0.05) is 0 Å². The first-order valence-electron chi connectivity index (χ1n) is 8.32. The Hall–Kier alpha value is -0.780. The van der Waals surface area contributed by atoms with E-state index in [9.17, 15) is 0 Å². The average Bonchev–Trinajstić information content (AvgIpc) is 2.47. The third-order valence-corrected chi connectivity index (χ3v) is 4.79. The zero-order valence-electron chi connectivity index (χ0n) is 14.7. The lowest BCUT2D eigenvalue weighted by atomic mass is 9.78. The molecule has 0 fully saturated rings. The number of hydrogen-bond donors (Lipinski definition) is 0. The molecule has 0 spiro atoms. The van der Waals surface area contributed by atoms with Crippen LogP contribution in [0.3, 0.4) is 0 Å². The molecule has 0 heterocycles. The Morgan fingerprint density at radius 1 is 0.600 bits per heavy atom. The molecule has 2 atom stereocenters. The van der Waals surface area contributed by atoms with Gasteiger partial charge in [0.2, 0.25) is 0 Å². The highest BCUT2D eigenvalue weighted by atomic mass is 14.3. The van der Waals surface area contributed by atoms with Gasteiger partial charge >= 0.3 is 0 Å². The van der Waals surface area contributed by atoms with Crippen molar-refractivity contribution in [3.63, 3.8) is 0 Å². The van der Waals surface area contributed by atoms with Gasteiger partial charge in [0.25, 0.3) is 0 Å². The SMILES string of the molecule is CC=CCC(C)(CC)CC=CCC(C)(CC)CC=CC. The van der Waals surface area contributed by atoms with E-state index in [2.05, 4.69) is 78.0 Å². The Morgan fingerprint density at radius 2 is 0.900 bits per heavy atom. The fourth-order valence-corrected chi connectivity index (χ4v) is 2.28. The summed E-state index contributed by atoms with van der Waals surface area (Å²) in [5, 5.41) is 0. The standard InChI is InChI=1S/C20H36/c1-7-11-15-19(5,9-3)17-13-14-18-20(6,10-4)16-12-8-2/h7-8,11-14H,9-10,15-18H2,1-6H3. The lowest BCUT2D eigenvalue weighted by molar-refractivity contribution is 0.310. The minimum absolute atomic E-state index is 0.426. The molecule has 0 saturated heterocycles. The van der Waals surface area contributed by atoms with Crippen LogP contribution in [0, 0.1) is 10.8 Å². The Labute approximate surface area is 128 Å². The van der Waals surface area contributed by atoms with Crippen LogP contribution in [0.25, 0.3) is 0 Å². The molecule has 0 aromatic carbocycles. The molecule has 20 heavy (non-hydrogen) atoms. The maximum atomic E-state index is 2.41. The topological polar surface area (TPSA) is 0 Å². The molecular formula is C20H36. The van der Waals surface area contributed by atoms with E-state index in [0.29, 0.717) is 10.8 Å². The van der Waals surface area contributed by atoms with E-state index in [-0.39, 0.29) is 0 Å². The first-order chi connectivity index (χ1) is 9.45. The molecule has 0 radical (unpaired) electrons. The second kappa shape index (κ2) is 10.0. The van der Waals surface area contributed by atoms with Gasteiger partial charge in [-0.1, -0.05) is 77.0 Å². The van der Waals surface area contributed by atoms with Crippen LogP contribution < -0.4 is 0 Å². The van der Waals surface area contributed by atoms with Gasteiger partial charge in [0.05, 0.1) is 0 Å². The molecule has 2 unspecified atom stereocenters. The second-order valence-electron chi connectivity index (χ2n) is 6.75. The van der Waals surface area contributed by atoms with Gasteiger partial charge in [0.15, 0.2) is 0 Å². The monoisotopic (exact) mass is 276 g/mol. The lowest BCUT2D eigenvalue weighted by Crippen LogP contribution is -2.14. The third kappa shape index (κ3) is 7.72. The van der Waals surface area contributed by atoms with Crippen molar-refractivity contribution in [1.82, 2.24) is 0 Å². The van der Waals surface area contributed by atoms with Gasteiger partial charge < -0.3 is 0 Å². The number of allylic oxidation sites excluding steroid dienone is 6. The van der Waals surface area contributed by atoms with Crippen LogP contribution in [-0.4, -0.2) is 0 Å². The van der Waals surface area contributed by atoms with Gasteiger partial charge in [0.1, 0.15) is 0 Å². The summed E-state index contributed by atoms with van der Waals surface area (Å²) in [6.07, 6.45) is 21.0. The molecule has 0 aliphatic rings. The van der Waals surface area contributed by atoms with E-state index >= 15 is 0 Å². The quantitative estimate of drug-likeness (QED) is 0.374. The minimum atomic E-state index is 0.426. The molecule has 0 amide bonds. The highest BCUT2D eigenvalue weighted by molar-refractivity contribution is 4.97. The molecule has 0 heteroatoms. The zero-order chi connectivity index (χ0) is 15.5. The third-order valence-electron chi connectivity index (χ3n) is 4.79. The van der Waals surface area contributed by atoms with E-state index in [4.69, 9.17) is 0 Å². The normalized spacial score (nSPS) is 18.9. The highest BCUT2D eigenvalue weighted by Crippen LogP contribution is 2.33. The Morgan fingerprint density at radius 3 is 1.15 bits per heavy atom. The first-order valence-corrected chi connectivity index (χ1v) is 8.32. The predicted octanol–water partition coefficient (Wildman–Crippen LogP) is 7.09. The van der Waals surface area contributed by atoms with Crippen LogP contribution in [0.15, 0.2) is 36.5 Å². The van der Waals surface area contributed by atoms with Crippen LogP contribution in [0.4, 0.5) is 0 Å². The van der Waals surface area contributed by atoms with Crippen molar-refractivity contribution in [3.8, 4) is 0 Å². The van der Waals surface area contributed by atoms with Crippen LogP contribution in [0.5, 0.6) is 0 Å². The first kappa shape index (κ1) is 19.2. The summed E-state index contributed by atoms with van der Waals surface area (Å²) >= 11 is 0. The Balaban J connectivity index is 4.41. The van der Waals surface area contributed by atoms with Crippen molar-refractivity contribution in [2.45, 2.75) is 80.1 Å². The van der Waals surface area contributed by atoms with E-state index in [1.165, 1.54) is 38.5 Å². The molecule has 0 aliphatic carbocycles. The largest absolute Gasteiger partial charge is 0.0916 e. The van der Waals surface area contributed by atoms with Crippen molar-refractivity contribution < 1.29 is 0 Å². The van der Waals surface area contributed by atoms with Gasteiger partial charge in [-0.2, -0.15) is 0 Å². The molecule has 0 nitrogen and oxygen atoms in total. The summed E-state index contributed by atoms with van der Waals surface area (Å²) in [7, 11) is 0. The smallest absolute Gasteiger partial charge is 0.0259 e. The van der Waals surface area contributed by atoms with Crippen LogP contribution in [-0.2, 0) is 0 Å². The summed E-state index contributed by atoms with van der Waals surface area (Å²) in [5.74, 6) is 0. The van der Waals surface area contributed by atoms with Crippen molar-refractivity contribution >= 4 is 0 Å². The van der Waals surface area contributed by atoms with Crippen LogP contribution >= 0.6 is 0 Å². The van der Waals surface area contributed by atoms with Gasteiger partial charge in [-0.3, -0.25) is 0 Å². The van der Waals surface area contributed by atoms with E-state index in [1.54, 1.807) is 0 Å². The molecular weight excluding hydrogens is 240 g/mol. The number of rotatable bonds is 10. The summed E-state index contributed by atoms with van der Waals surface area (Å²) in [6, 6.07) is 0. The van der Waals surface area contributed by atoms with Gasteiger partial charge in [-0.15, -0.1) is 0 Å². The molecule has 0 N–H and O–H groups in total. The van der Waals surface area contributed by atoms with Crippen LogP contribution in [0.1, 0.15) is 80.1 Å². The van der Waals surface area contributed by atoms with E-state index in [0.717, 1.165) is 0 Å².